The zero-order valence-corrected chi connectivity index (χ0v) is 18.7. The van der Waals surface area contributed by atoms with E-state index in [1.165, 1.54) is 0 Å². The third-order valence-electron chi connectivity index (χ3n) is 6.51. The van der Waals surface area contributed by atoms with Gasteiger partial charge in [-0.05, 0) is 50.8 Å². The highest BCUT2D eigenvalue weighted by molar-refractivity contribution is 5.97. The summed E-state index contributed by atoms with van der Waals surface area (Å²) in [5.41, 5.74) is 0.524. The van der Waals surface area contributed by atoms with Crippen LogP contribution in [0.3, 0.4) is 0 Å². The molecule has 0 unspecified atom stereocenters. The monoisotopic (exact) mass is 430 g/mol. The first kappa shape index (κ1) is 21.9. The number of carbonyl (C=O) groups excluding carboxylic acids is 2. The number of amides is 2. The molecule has 4 rings (SSSR count). The number of carbonyl (C=O) groups is 2. The van der Waals surface area contributed by atoms with Gasteiger partial charge in [-0.25, -0.2) is 0 Å². The minimum Gasteiger partial charge on any atom is -0.497 e. The molecule has 3 fully saturated rings. The normalized spacial score (nSPS) is 21.7. The van der Waals surface area contributed by atoms with Crippen LogP contribution < -0.4 is 9.47 Å². The quantitative estimate of drug-likeness (QED) is 0.634. The summed E-state index contributed by atoms with van der Waals surface area (Å²) >= 11 is 0. The van der Waals surface area contributed by atoms with Gasteiger partial charge in [0.25, 0.3) is 5.91 Å². The number of ether oxygens (including phenoxy) is 3. The molecule has 2 amide bonds. The van der Waals surface area contributed by atoms with Crippen molar-refractivity contribution < 1.29 is 23.8 Å². The molecule has 0 bridgehead atoms. The van der Waals surface area contributed by atoms with Gasteiger partial charge in [0.05, 0.1) is 18.8 Å². The van der Waals surface area contributed by atoms with Crippen molar-refractivity contribution in [3.05, 3.63) is 23.8 Å². The van der Waals surface area contributed by atoms with Gasteiger partial charge in [0, 0.05) is 51.5 Å². The molecule has 1 atom stereocenters. The molecule has 2 heterocycles. The number of rotatable bonds is 8. The van der Waals surface area contributed by atoms with Crippen molar-refractivity contribution in [2.75, 3.05) is 39.9 Å². The van der Waals surface area contributed by atoms with Gasteiger partial charge in [-0.3, -0.25) is 9.59 Å². The predicted octanol–water partition coefficient (Wildman–Crippen LogP) is 3.12. The van der Waals surface area contributed by atoms with E-state index in [0.717, 1.165) is 58.2 Å². The molecule has 7 heteroatoms. The SMILES string of the molecule is CCN(C[C@H]1CCCO1)C(=O)c1cc(OC)ccc1OC1CCN(C(=O)C2CC2)CC1. The van der Waals surface area contributed by atoms with Crippen molar-refractivity contribution in [1.29, 1.82) is 0 Å². The van der Waals surface area contributed by atoms with Crippen LogP contribution in [0.1, 0.15) is 55.8 Å². The second-order valence-corrected chi connectivity index (χ2v) is 8.76. The maximum atomic E-state index is 13.4. The molecular weight excluding hydrogens is 396 g/mol. The highest BCUT2D eigenvalue weighted by atomic mass is 16.5. The fraction of sp³-hybridized carbons (Fsp3) is 0.667. The Labute approximate surface area is 184 Å². The van der Waals surface area contributed by atoms with E-state index in [1.807, 2.05) is 28.9 Å². The number of methoxy groups -OCH3 is 1. The zero-order valence-electron chi connectivity index (χ0n) is 18.7. The van der Waals surface area contributed by atoms with E-state index in [1.54, 1.807) is 13.2 Å². The van der Waals surface area contributed by atoms with Gasteiger partial charge in [-0.1, -0.05) is 0 Å². The first-order valence-electron chi connectivity index (χ1n) is 11.6. The number of likely N-dealkylation sites (N-methyl/N-ethyl adjacent to an activating group) is 1. The third kappa shape index (κ3) is 5.32. The Morgan fingerprint density at radius 2 is 1.94 bits per heavy atom. The van der Waals surface area contributed by atoms with E-state index < -0.39 is 0 Å². The van der Waals surface area contributed by atoms with Crippen molar-refractivity contribution in [2.45, 2.75) is 57.7 Å². The molecule has 2 saturated heterocycles. The fourth-order valence-electron chi connectivity index (χ4n) is 4.43. The summed E-state index contributed by atoms with van der Waals surface area (Å²) in [4.78, 5) is 29.5. The summed E-state index contributed by atoms with van der Waals surface area (Å²) < 4.78 is 17.4. The van der Waals surface area contributed by atoms with Gasteiger partial charge < -0.3 is 24.0 Å². The van der Waals surface area contributed by atoms with Crippen LogP contribution in [-0.2, 0) is 9.53 Å². The van der Waals surface area contributed by atoms with Gasteiger partial charge in [0.15, 0.2) is 0 Å². The molecule has 0 spiro atoms. The molecule has 7 nitrogen and oxygen atoms in total. The summed E-state index contributed by atoms with van der Waals surface area (Å²) in [6.45, 7) is 5.40. The first-order valence-corrected chi connectivity index (χ1v) is 11.6. The largest absolute Gasteiger partial charge is 0.497 e. The number of benzene rings is 1. The molecule has 0 N–H and O–H groups in total. The van der Waals surface area contributed by atoms with Gasteiger partial charge in [-0.15, -0.1) is 0 Å². The van der Waals surface area contributed by atoms with Crippen molar-refractivity contribution in [3.63, 3.8) is 0 Å². The van der Waals surface area contributed by atoms with Gasteiger partial charge in [0.2, 0.25) is 5.91 Å². The minimum absolute atomic E-state index is 0.00330. The van der Waals surface area contributed by atoms with Crippen molar-refractivity contribution >= 4 is 11.8 Å². The Kier molecular flexibility index (Phi) is 7.00. The molecular formula is C24H34N2O5. The lowest BCUT2D eigenvalue weighted by molar-refractivity contribution is -0.134. The molecule has 0 aromatic heterocycles. The summed E-state index contributed by atoms with van der Waals surface area (Å²) in [6, 6.07) is 5.42. The summed E-state index contributed by atoms with van der Waals surface area (Å²) in [5.74, 6) is 1.71. The van der Waals surface area contributed by atoms with E-state index in [0.29, 0.717) is 36.1 Å². The number of nitrogens with zero attached hydrogens (tertiary/aromatic N) is 2. The summed E-state index contributed by atoms with van der Waals surface area (Å²) in [7, 11) is 1.60. The number of piperidine rings is 1. The zero-order chi connectivity index (χ0) is 21.8. The standard InChI is InChI=1S/C24H34N2O5/c1-3-25(16-20-5-4-14-30-20)24(28)21-15-19(29-2)8-9-22(21)31-18-10-12-26(13-11-18)23(27)17-6-7-17/h8-9,15,17-18,20H,3-7,10-14,16H2,1-2H3/t20-/m1/s1. The predicted molar refractivity (Wildman–Crippen MR) is 116 cm³/mol. The molecule has 31 heavy (non-hydrogen) atoms. The number of hydrogen-bond acceptors (Lipinski definition) is 5. The Bertz CT molecular complexity index is 780. The molecule has 3 aliphatic rings. The average Bonchev–Trinajstić information content (AvgIpc) is 3.53. The van der Waals surface area contributed by atoms with E-state index in [2.05, 4.69) is 0 Å². The van der Waals surface area contributed by atoms with E-state index in [9.17, 15) is 9.59 Å². The summed E-state index contributed by atoms with van der Waals surface area (Å²) in [5, 5.41) is 0. The minimum atomic E-state index is -0.0618. The fourth-order valence-corrected chi connectivity index (χ4v) is 4.43. The first-order chi connectivity index (χ1) is 15.1. The maximum Gasteiger partial charge on any atom is 0.257 e. The molecule has 1 saturated carbocycles. The lowest BCUT2D eigenvalue weighted by Crippen LogP contribution is -2.42. The van der Waals surface area contributed by atoms with Crippen molar-refractivity contribution in [3.8, 4) is 11.5 Å². The average molecular weight is 431 g/mol. The highest BCUT2D eigenvalue weighted by Crippen LogP contribution is 2.33. The molecule has 1 aromatic carbocycles. The van der Waals surface area contributed by atoms with Crippen molar-refractivity contribution in [1.82, 2.24) is 9.80 Å². The van der Waals surface area contributed by atoms with Crippen LogP contribution >= 0.6 is 0 Å². The van der Waals surface area contributed by atoms with Crippen LogP contribution in [-0.4, -0.2) is 73.7 Å². The van der Waals surface area contributed by atoms with Crippen LogP contribution in [0.2, 0.25) is 0 Å². The smallest absolute Gasteiger partial charge is 0.257 e. The topological polar surface area (TPSA) is 68.3 Å². The Balaban J connectivity index is 1.43. The Morgan fingerprint density at radius 1 is 1.16 bits per heavy atom. The van der Waals surface area contributed by atoms with E-state index in [4.69, 9.17) is 14.2 Å². The van der Waals surface area contributed by atoms with Gasteiger partial charge in [-0.2, -0.15) is 0 Å². The third-order valence-corrected chi connectivity index (χ3v) is 6.51. The van der Waals surface area contributed by atoms with Crippen molar-refractivity contribution in [2.24, 2.45) is 5.92 Å². The second kappa shape index (κ2) is 9.90. The Morgan fingerprint density at radius 3 is 2.55 bits per heavy atom. The lowest BCUT2D eigenvalue weighted by Gasteiger charge is -2.33. The lowest BCUT2D eigenvalue weighted by atomic mass is 10.1. The van der Waals surface area contributed by atoms with Crippen LogP contribution in [0.5, 0.6) is 11.5 Å². The molecule has 2 aliphatic heterocycles. The van der Waals surface area contributed by atoms with Crippen LogP contribution in [0.25, 0.3) is 0 Å². The van der Waals surface area contributed by atoms with Gasteiger partial charge >= 0.3 is 0 Å². The summed E-state index contributed by atoms with van der Waals surface area (Å²) in [6.07, 6.45) is 5.77. The van der Waals surface area contributed by atoms with Crippen LogP contribution in [0.4, 0.5) is 0 Å². The molecule has 1 aliphatic carbocycles. The molecule has 1 aromatic rings. The number of likely N-dealkylation sites (tertiary alicyclic amines) is 1. The van der Waals surface area contributed by atoms with Crippen LogP contribution in [0, 0.1) is 5.92 Å². The highest BCUT2D eigenvalue weighted by Gasteiger charge is 2.35. The molecule has 170 valence electrons. The Hall–Kier alpha value is -2.28. The van der Waals surface area contributed by atoms with E-state index in [-0.39, 0.29) is 24.0 Å². The number of hydrogen-bond donors (Lipinski definition) is 0. The molecule has 0 radical (unpaired) electrons. The maximum absolute atomic E-state index is 13.4. The second-order valence-electron chi connectivity index (χ2n) is 8.76. The van der Waals surface area contributed by atoms with Gasteiger partial charge in [0.1, 0.15) is 17.6 Å². The van der Waals surface area contributed by atoms with Crippen LogP contribution in [0.15, 0.2) is 18.2 Å². The van der Waals surface area contributed by atoms with E-state index >= 15 is 0 Å².